The molecule has 8 nitrogen and oxygen atoms in total. The molecule has 2 N–H and O–H groups in total. The number of aromatic nitrogens is 2. The average Bonchev–Trinajstić information content (AvgIpc) is 3.56. The van der Waals surface area contributed by atoms with Crippen LogP contribution < -0.4 is 10.6 Å². The van der Waals surface area contributed by atoms with Gasteiger partial charge in [-0.05, 0) is 40.3 Å². The maximum atomic E-state index is 12.6. The molecule has 0 saturated carbocycles. The predicted octanol–water partition coefficient (Wildman–Crippen LogP) is 6.30. The molecule has 3 aromatic carbocycles. The van der Waals surface area contributed by atoms with Gasteiger partial charge in [0, 0.05) is 17.4 Å². The maximum Gasteiger partial charge on any atom is 0.412 e. The minimum Gasteiger partial charge on any atom is -0.441 e. The number of carbonyl (C=O) groups is 1. The summed E-state index contributed by atoms with van der Waals surface area (Å²) in [6.45, 7) is 7.11. The first-order valence-electron chi connectivity index (χ1n) is 13.9. The largest absolute Gasteiger partial charge is 0.441 e. The third-order valence-electron chi connectivity index (χ3n) is 7.52. The minimum absolute atomic E-state index is 0.0418. The van der Waals surface area contributed by atoms with E-state index < -0.39 is 12.2 Å². The smallest absolute Gasteiger partial charge is 0.412 e. The topological polar surface area (TPSA) is 94.6 Å². The summed E-state index contributed by atoms with van der Waals surface area (Å²) in [4.78, 5) is 21.7. The van der Waals surface area contributed by atoms with Crippen molar-refractivity contribution < 1.29 is 19.0 Å². The molecule has 0 bridgehead atoms. The van der Waals surface area contributed by atoms with Gasteiger partial charge in [-0.2, -0.15) is 0 Å². The van der Waals surface area contributed by atoms with Gasteiger partial charge in [-0.1, -0.05) is 87.5 Å². The van der Waals surface area contributed by atoms with Crippen molar-refractivity contribution in [1.82, 2.24) is 9.97 Å². The van der Waals surface area contributed by atoms with E-state index in [1.807, 2.05) is 48.5 Å². The Balaban J connectivity index is 1.05. The predicted molar refractivity (Wildman–Crippen MR) is 159 cm³/mol. The summed E-state index contributed by atoms with van der Waals surface area (Å²) in [6.07, 6.45) is 0.0580. The normalized spacial score (nSPS) is 21.7. The van der Waals surface area contributed by atoms with E-state index in [0.717, 1.165) is 16.8 Å². The van der Waals surface area contributed by atoms with Crippen molar-refractivity contribution in [3.05, 3.63) is 96.7 Å². The third-order valence-corrected chi connectivity index (χ3v) is 7.52. The minimum atomic E-state index is -0.530. The van der Waals surface area contributed by atoms with Gasteiger partial charge in [0.05, 0.1) is 24.9 Å². The van der Waals surface area contributed by atoms with Crippen LogP contribution in [0.4, 0.5) is 16.4 Å². The molecule has 210 valence electrons. The number of benzene rings is 3. The fraction of sp³-hybridized carbons (Fsp3) is 0.303. The number of nitrogens with one attached hydrogen (secondary N) is 2. The highest BCUT2D eigenvalue weighted by Gasteiger charge is 2.49. The Morgan fingerprint density at radius 1 is 0.829 bits per heavy atom. The zero-order valence-electron chi connectivity index (χ0n) is 23.4. The van der Waals surface area contributed by atoms with Gasteiger partial charge in [0.15, 0.2) is 6.10 Å². The fourth-order valence-electron chi connectivity index (χ4n) is 5.25. The van der Waals surface area contributed by atoms with E-state index in [-0.39, 0.29) is 30.3 Å². The molecule has 2 aliphatic rings. The number of anilines is 2. The van der Waals surface area contributed by atoms with Gasteiger partial charge in [0.1, 0.15) is 12.2 Å². The number of ether oxygens (including phenoxy) is 3. The van der Waals surface area contributed by atoms with Crippen molar-refractivity contribution in [3.8, 4) is 22.4 Å². The van der Waals surface area contributed by atoms with E-state index >= 15 is 0 Å². The number of rotatable bonds is 6. The van der Waals surface area contributed by atoms with Crippen molar-refractivity contribution in [2.24, 2.45) is 0 Å². The molecule has 0 radical (unpaired) electrons. The lowest BCUT2D eigenvalue weighted by molar-refractivity contribution is 0.00917. The van der Waals surface area contributed by atoms with Crippen LogP contribution in [0.15, 0.2) is 91.1 Å². The second-order valence-electron chi connectivity index (χ2n) is 11.5. The van der Waals surface area contributed by atoms with Gasteiger partial charge < -0.3 is 19.5 Å². The second kappa shape index (κ2) is 11.3. The Morgan fingerprint density at radius 3 is 2.24 bits per heavy atom. The summed E-state index contributed by atoms with van der Waals surface area (Å²) in [5, 5.41) is 6.17. The molecule has 8 heteroatoms. The van der Waals surface area contributed by atoms with Crippen molar-refractivity contribution in [2.45, 2.75) is 50.5 Å². The van der Waals surface area contributed by atoms with Gasteiger partial charge in [0.2, 0.25) is 5.95 Å². The van der Waals surface area contributed by atoms with Crippen LogP contribution in [-0.2, 0) is 19.6 Å². The SMILES string of the molecule is CC(C)(C)c1ccc(NC(=O)O[C@@H]2CO[C@H]3[C@@H]2OC[C@@H]3Nc2nccc(-c3ccc(-c4ccccc4)cc3)n2)cc1. The van der Waals surface area contributed by atoms with Gasteiger partial charge in [-0.3, -0.25) is 5.32 Å². The maximum absolute atomic E-state index is 12.6. The lowest BCUT2D eigenvalue weighted by Gasteiger charge is -2.20. The zero-order chi connectivity index (χ0) is 28.4. The Hall–Kier alpha value is -4.27. The van der Waals surface area contributed by atoms with Crippen LogP contribution in [0.2, 0.25) is 0 Å². The molecular weight excluding hydrogens is 516 g/mol. The number of hydrogen-bond donors (Lipinski definition) is 2. The van der Waals surface area contributed by atoms with Gasteiger partial charge in [-0.25, -0.2) is 14.8 Å². The number of amides is 1. The van der Waals surface area contributed by atoms with Crippen LogP contribution in [0.25, 0.3) is 22.4 Å². The molecule has 1 aromatic heterocycles. The molecule has 0 spiro atoms. The first-order chi connectivity index (χ1) is 19.8. The molecule has 6 rings (SSSR count). The first-order valence-corrected chi connectivity index (χ1v) is 13.9. The highest BCUT2D eigenvalue weighted by Crippen LogP contribution is 2.31. The van der Waals surface area contributed by atoms with E-state index in [9.17, 15) is 4.79 Å². The third kappa shape index (κ3) is 6.09. The average molecular weight is 551 g/mol. The molecular formula is C33H34N4O4. The molecule has 1 amide bonds. The summed E-state index contributed by atoms with van der Waals surface area (Å²) in [6, 6.07) is 28.1. The Labute approximate surface area is 240 Å². The molecule has 4 atom stereocenters. The highest BCUT2D eigenvalue weighted by atomic mass is 16.6. The van der Waals surface area contributed by atoms with Crippen LogP contribution in [0.5, 0.6) is 0 Å². The summed E-state index contributed by atoms with van der Waals surface area (Å²) >= 11 is 0. The van der Waals surface area contributed by atoms with E-state index in [2.05, 4.69) is 72.8 Å². The van der Waals surface area contributed by atoms with Crippen molar-refractivity contribution in [3.63, 3.8) is 0 Å². The first kappa shape index (κ1) is 26.9. The monoisotopic (exact) mass is 550 g/mol. The van der Waals surface area contributed by atoms with Crippen molar-refractivity contribution in [2.75, 3.05) is 23.8 Å². The van der Waals surface area contributed by atoms with Crippen LogP contribution in [0, 0.1) is 0 Å². The van der Waals surface area contributed by atoms with E-state index in [0.29, 0.717) is 18.2 Å². The molecule has 2 fully saturated rings. The number of carbonyl (C=O) groups excluding carboxylic acids is 1. The standard InChI is InChI=1S/C33H34N4O4/c1-33(2,3)24-13-15-25(16-14-24)35-32(38)41-28-20-40-29-27(19-39-30(28)29)37-31-34-18-17-26(36-31)23-11-9-22(10-12-23)21-7-5-4-6-8-21/h4-18,27-30H,19-20H2,1-3H3,(H,35,38)(H,34,36,37)/t27-,28+,29+,30+/m0/s1. The second-order valence-corrected chi connectivity index (χ2v) is 11.5. The molecule has 0 aliphatic carbocycles. The number of hydrogen-bond acceptors (Lipinski definition) is 7. The van der Waals surface area contributed by atoms with Crippen molar-refractivity contribution in [1.29, 1.82) is 0 Å². The van der Waals surface area contributed by atoms with E-state index in [1.54, 1.807) is 6.20 Å². The Morgan fingerprint density at radius 2 is 1.51 bits per heavy atom. The quantitative estimate of drug-likeness (QED) is 0.291. The number of nitrogens with zero attached hydrogens (tertiary/aromatic N) is 2. The molecule has 4 aromatic rings. The van der Waals surface area contributed by atoms with Gasteiger partial charge in [-0.15, -0.1) is 0 Å². The van der Waals surface area contributed by atoms with Crippen LogP contribution >= 0.6 is 0 Å². The number of fused-ring (bicyclic) bond motifs is 1. The van der Waals surface area contributed by atoms with Crippen LogP contribution in [0.3, 0.4) is 0 Å². The fourth-order valence-corrected chi connectivity index (χ4v) is 5.25. The van der Waals surface area contributed by atoms with E-state index in [4.69, 9.17) is 19.2 Å². The molecule has 2 saturated heterocycles. The Bertz CT molecular complexity index is 1490. The lowest BCUT2D eigenvalue weighted by atomic mass is 9.87. The van der Waals surface area contributed by atoms with Gasteiger partial charge in [0.25, 0.3) is 0 Å². The molecule has 2 aliphatic heterocycles. The summed E-state index contributed by atoms with van der Waals surface area (Å²) in [5.41, 5.74) is 6.05. The Kier molecular flexibility index (Phi) is 7.43. The summed E-state index contributed by atoms with van der Waals surface area (Å²) in [5.74, 6) is 0.494. The molecule has 0 unspecified atom stereocenters. The lowest BCUT2D eigenvalue weighted by Crippen LogP contribution is -2.38. The molecule has 41 heavy (non-hydrogen) atoms. The molecule has 3 heterocycles. The summed E-state index contributed by atoms with van der Waals surface area (Å²) < 4.78 is 17.7. The zero-order valence-corrected chi connectivity index (χ0v) is 23.4. The van der Waals surface area contributed by atoms with Crippen LogP contribution in [-0.4, -0.2) is 53.6 Å². The highest BCUT2D eigenvalue weighted by molar-refractivity contribution is 5.84. The van der Waals surface area contributed by atoms with Crippen molar-refractivity contribution >= 4 is 17.7 Å². The van der Waals surface area contributed by atoms with Gasteiger partial charge >= 0.3 is 6.09 Å². The van der Waals surface area contributed by atoms with Crippen LogP contribution in [0.1, 0.15) is 26.3 Å². The van der Waals surface area contributed by atoms with E-state index in [1.165, 1.54) is 11.1 Å². The summed E-state index contributed by atoms with van der Waals surface area (Å²) in [7, 11) is 0.